The number of para-hydroxylation sites is 2. The van der Waals surface area contributed by atoms with E-state index in [1.807, 2.05) is 0 Å². The first-order chi connectivity index (χ1) is 11.1. The number of hydrogen-bond donors (Lipinski definition) is 0. The Kier molecular flexibility index (Phi) is 2.31. The smallest absolute Gasteiger partial charge is 0.139 e. The second-order valence-electron chi connectivity index (χ2n) is 7.20. The molecule has 0 bridgehead atoms. The van der Waals surface area contributed by atoms with Crippen LogP contribution in [-0.4, -0.2) is 12.4 Å². The van der Waals surface area contributed by atoms with Crippen LogP contribution in [0.25, 0.3) is 27.5 Å². The fourth-order valence-electron chi connectivity index (χ4n) is 4.31. The first-order valence-electron chi connectivity index (χ1n) is 8.23. The largest absolute Gasteiger partial charge is 0.309 e. The molecule has 1 aromatic heterocycles. The Balaban J connectivity index is 2.15. The lowest BCUT2D eigenvalue weighted by molar-refractivity contribution is 0.630. The molecule has 2 heteroatoms. The molecule has 0 saturated heterocycles. The molecular formula is C21H18BN. The molecule has 5 rings (SSSR count). The zero-order valence-corrected chi connectivity index (χ0v) is 13.7. The van der Waals surface area contributed by atoms with Gasteiger partial charge in [0.1, 0.15) is 7.85 Å². The Bertz CT molecular complexity index is 1100. The quantitative estimate of drug-likeness (QED) is 0.436. The van der Waals surface area contributed by atoms with Gasteiger partial charge < -0.3 is 4.57 Å². The summed E-state index contributed by atoms with van der Waals surface area (Å²) >= 11 is 0. The van der Waals surface area contributed by atoms with E-state index in [0.717, 1.165) is 0 Å². The molecule has 23 heavy (non-hydrogen) atoms. The maximum Gasteiger partial charge on any atom is 0.139 e. The fourth-order valence-corrected chi connectivity index (χ4v) is 4.31. The minimum Gasteiger partial charge on any atom is -0.309 e. The molecule has 3 aromatic carbocycles. The van der Waals surface area contributed by atoms with Crippen LogP contribution in [0.4, 0.5) is 0 Å². The topological polar surface area (TPSA) is 4.93 Å². The number of nitrogens with zero attached hydrogens (tertiary/aromatic N) is 1. The lowest BCUT2D eigenvalue weighted by atomic mass is 9.73. The molecule has 0 atom stereocenters. The van der Waals surface area contributed by atoms with Crippen LogP contribution in [0.15, 0.2) is 60.7 Å². The van der Waals surface area contributed by atoms with Gasteiger partial charge in [-0.2, -0.15) is 0 Å². The van der Waals surface area contributed by atoms with E-state index in [9.17, 15) is 0 Å². The van der Waals surface area contributed by atoms with Gasteiger partial charge in [0, 0.05) is 16.2 Å². The molecule has 0 saturated carbocycles. The summed E-state index contributed by atoms with van der Waals surface area (Å²) in [6, 6.07) is 22.3. The summed E-state index contributed by atoms with van der Waals surface area (Å²) in [7, 11) is 2.21. The Labute approximate surface area is 137 Å². The number of rotatable bonds is 0. The fraction of sp³-hybridized carbons (Fsp3) is 0.143. The minimum absolute atomic E-state index is 0.0191. The normalized spacial score (nSPS) is 15.0. The summed E-state index contributed by atoms with van der Waals surface area (Å²) in [6.07, 6.45) is 0. The van der Waals surface area contributed by atoms with Crippen molar-refractivity contribution in [3.8, 4) is 5.69 Å². The first kappa shape index (κ1) is 13.0. The molecule has 1 nitrogen and oxygen atoms in total. The second kappa shape index (κ2) is 4.08. The highest BCUT2D eigenvalue weighted by Gasteiger charge is 2.34. The summed E-state index contributed by atoms with van der Waals surface area (Å²) in [5, 5.41) is 2.72. The van der Waals surface area contributed by atoms with Gasteiger partial charge in [0.15, 0.2) is 0 Å². The average molecular weight is 295 g/mol. The molecule has 2 heterocycles. The van der Waals surface area contributed by atoms with Crippen LogP contribution in [0, 0.1) is 0 Å². The maximum atomic E-state index is 2.46. The van der Waals surface area contributed by atoms with Crippen molar-refractivity contribution in [1.29, 1.82) is 0 Å². The Morgan fingerprint density at radius 1 is 0.826 bits per heavy atom. The summed E-state index contributed by atoms with van der Waals surface area (Å²) < 4.78 is 2.46. The predicted octanol–water partition coefficient (Wildman–Crippen LogP) is 3.68. The van der Waals surface area contributed by atoms with Crippen LogP contribution in [0.1, 0.15) is 25.0 Å². The van der Waals surface area contributed by atoms with E-state index in [1.165, 1.54) is 44.1 Å². The molecule has 0 amide bonds. The van der Waals surface area contributed by atoms with Gasteiger partial charge in [0.25, 0.3) is 0 Å². The zero-order chi connectivity index (χ0) is 15.8. The zero-order valence-electron chi connectivity index (χ0n) is 13.7. The van der Waals surface area contributed by atoms with E-state index in [-0.39, 0.29) is 5.41 Å². The predicted molar refractivity (Wildman–Crippen MR) is 101 cm³/mol. The Morgan fingerprint density at radius 3 is 2.43 bits per heavy atom. The molecule has 0 radical (unpaired) electrons. The van der Waals surface area contributed by atoms with E-state index in [0.29, 0.717) is 0 Å². The number of hydrogen-bond acceptors (Lipinski definition) is 0. The van der Waals surface area contributed by atoms with Gasteiger partial charge in [-0.05, 0) is 23.3 Å². The lowest BCUT2D eigenvalue weighted by Gasteiger charge is -2.35. The summed E-state index contributed by atoms with van der Waals surface area (Å²) in [5.41, 5.74) is 8.19. The molecule has 1 aliphatic rings. The van der Waals surface area contributed by atoms with Crippen LogP contribution in [0.2, 0.25) is 0 Å². The third-order valence-electron chi connectivity index (χ3n) is 5.40. The SMILES string of the molecule is Bc1cc2c3c(c1)c1ccccc1n3-c1ccccc1C2(C)C. The molecular weight excluding hydrogens is 277 g/mol. The van der Waals surface area contributed by atoms with Crippen molar-refractivity contribution in [2.45, 2.75) is 19.3 Å². The highest BCUT2D eigenvalue weighted by Crippen LogP contribution is 2.46. The highest BCUT2D eigenvalue weighted by molar-refractivity contribution is 6.34. The number of aromatic nitrogens is 1. The van der Waals surface area contributed by atoms with E-state index < -0.39 is 0 Å². The Morgan fingerprint density at radius 2 is 1.57 bits per heavy atom. The van der Waals surface area contributed by atoms with Crippen molar-refractivity contribution in [1.82, 2.24) is 4.57 Å². The standard InChI is InChI=1S/C21H18BN/c1-21(2)16-8-4-6-10-19(16)23-18-9-5-3-7-14(18)15-11-13(22)12-17(21)20(15)23/h3-12H,22H2,1-2H3. The second-order valence-corrected chi connectivity index (χ2v) is 7.20. The molecule has 0 N–H and O–H groups in total. The van der Waals surface area contributed by atoms with Crippen LogP contribution in [0.5, 0.6) is 0 Å². The molecule has 0 spiro atoms. The van der Waals surface area contributed by atoms with Gasteiger partial charge >= 0.3 is 0 Å². The highest BCUT2D eigenvalue weighted by atomic mass is 15.0. The first-order valence-corrected chi connectivity index (χ1v) is 8.23. The summed E-state index contributed by atoms with van der Waals surface area (Å²) in [6.45, 7) is 4.70. The van der Waals surface area contributed by atoms with Gasteiger partial charge in [-0.1, -0.05) is 67.8 Å². The lowest BCUT2D eigenvalue weighted by Crippen LogP contribution is -2.27. The van der Waals surface area contributed by atoms with E-state index in [2.05, 4.69) is 86.9 Å². The van der Waals surface area contributed by atoms with Crippen molar-refractivity contribution < 1.29 is 0 Å². The van der Waals surface area contributed by atoms with E-state index in [4.69, 9.17) is 0 Å². The van der Waals surface area contributed by atoms with Crippen molar-refractivity contribution in [3.05, 3.63) is 71.8 Å². The van der Waals surface area contributed by atoms with Crippen molar-refractivity contribution in [2.75, 3.05) is 0 Å². The van der Waals surface area contributed by atoms with Gasteiger partial charge in [0.2, 0.25) is 0 Å². The van der Waals surface area contributed by atoms with Crippen molar-refractivity contribution in [3.63, 3.8) is 0 Å². The van der Waals surface area contributed by atoms with Gasteiger partial charge in [-0.25, -0.2) is 0 Å². The van der Waals surface area contributed by atoms with Crippen molar-refractivity contribution in [2.24, 2.45) is 0 Å². The molecule has 0 aliphatic carbocycles. The Hall–Kier alpha value is -2.48. The van der Waals surface area contributed by atoms with Gasteiger partial charge in [-0.3, -0.25) is 0 Å². The summed E-state index contributed by atoms with van der Waals surface area (Å²) in [4.78, 5) is 0. The van der Waals surface area contributed by atoms with Gasteiger partial charge in [-0.15, -0.1) is 0 Å². The van der Waals surface area contributed by atoms with E-state index in [1.54, 1.807) is 0 Å². The van der Waals surface area contributed by atoms with Crippen LogP contribution in [-0.2, 0) is 5.41 Å². The monoisotopic (exact) mass is 295 g/mol. The van der Waals surface area contributed by atoms with Crippen molar-refractivity contribution >= 4 is 35.1 Å². The van der Waals surface area contributed by atoms with Crippen LogP contribution < -0.4 is 5.46 Å². The number of benzene rings is 3. The average Bonchev–Trinajstić information content (AvgIpc) is 2.88. The van der Waals surface area contributed by atoms with Crippen LogP contribution in [0.3, 0.4) is 0 Å². The molecule has 4 aromatic rings. The minimum atomic E-state index is 0.0191. The molecule has 0 unspecified atom stereocenters. The summed E-state index contributed by atoms with van der Waals surface area (Å²) in [5.74, 6) is 0. The molecule has 0 fully saturated rings. The maximum absolute atomic E-state index is 2.46. The third-order valence-corrected chi connectivity index (χ3v) is 5.40. The number of fused-ring (bicyclic) bond motifs is 5. The van der Waals surface area contributed by atoms with Gasteiger partial charge in [0.05, 0.1) is 16.7 Å². The molecule has 110 valence electrons. The third kappa shape index (κ3) is 1.49. The molecule has 1 aliphatic heterocycles. The van der Waals surface area contributed by atoms with E-state index >= 15 is 0 Å². The van der Waals surface area contributed by atoms with Crippen LogP contribution >= 0.6 is 0 Å².